The van der Waals surface area contributed by atoms with Crippen molar-refractivity contribution >= 4 is 11.3 Å². The normalized spacial score (nSPS) is 18.8. The van der Waals surface area contributed by atoms with E-state index in [1.54, 1.807) is 11.3 Å². The fourth-order valence-corrected chi connectivity index (χ4v) is 3.13. The molecule has 0 aromatic carbocycles. The maximum Gasteiger partial charge on any atom is 0.0794 e. The Morgan fingerprint density at radius 1 is 1.44 bits per heavy atom. The summed E-state index contributed by atoms with van der Waals surface area (Å²) in [6.45, 7) is 5.81. The van der Waals surface area contributed by atoms with Gasteiger partial charge in [-0.25, -0.2) is 4.98 Å². The summed E-state index contributed by atoms with van der Waals surface area (Å²) in [5.74, 6) is 0. The molecule has 1 aromatic rings. The van der Waals surface area contributed by atoms with Crippen molar-refractivity contribution in [3.05, 3.63) is 16.6 Å². The van der Waals surface area contributed by atoms with Crippen molar-refractivity contribution in [2.45, 2.75) is 64.8 Å². The summed E-state index contributed by atoms with van der Waals surface area (Å²) in [4.78, 5) is 4.49. The first kappa shape index (κ1) is 14.0. The number of nitrogens with one attached hydrogen (secondary N) is 1. The van der Waals surface area contributed by atoms with Gasteiger partial charge in [-0.05, 0) is 37.5 Å². The van der Waals surface area contributed by atoms with Crippen LogP contribution < -0.4 is 5.32 Å². The van der Waals surface area contributed by atoms with E-state index in [-0.39, 0.29) is 0 Å². The third kappa shape index (κ3) is 4.06. The van der Waals surface area contributed by atoms with Gasteiger partial charge in [-0.3, -0.25) is 0 Å². The SMILES string of the molecule is CCCCC(CC)(CNC1CC1)Cc1cscn1. The van der Waals surface area contributed by atoms with Crippen LogP contribution in [0.3, 0.4) is 0 Å². The highest BCUT2D eigenvalue weighted by Gasteiger charge is 2.31. The molecule has 1 aromatic heterocycles. The van der Waals surface area contributed by atoms with Crippen molar-refractivity contribution in [3.8, 4) is 0 Å². The Morgan fingerprint density at radius 3 is 2.83 bits per heavy atom. The summed E-state index contributed by atoms with van der Waals surface area (Å²) in [7, 11) is 0. The van der Waals surface area contributed by atoms with E-state index in [0.29, 0.717) is 5.41 Å². The minimum Gasteiger partial charge on any atom is -0.313 e. The van der Waals surface area contributed by atoms with Crippen LogP contribution in [0.4, 0.5) is 0 Å². The predicted molar refractivity (Wildman–Crippen MR) is 79.1 cm³/mol. The monoisotopic (exact) mass is 266 g/mol. The number of rotatable bonds is 9. The summed E-state index contributed by atoms with van der Waals surface area (Å²) in [6.07, 6.45) is 9.12. The molecule has 1 heterocycles. The van der Waals surface area contributed by atoms with Crippen molar-refractivity contribution in [2.24, 2.45) is 5.41 Å². The highest BCUT2D eigenvalue weighted by Crippen LogP contribution is 2.33. The zero-order chi connectivity index (χ0) is 12.8. The molecule has 0 saturated heterocycles. The molecule has 1 unspecified atom stereocenters. The lowest BCUT2D eigenvalue weighted by atomic mass is 9.76. The van der Waals surface area contributed by atoms with E-state index in [2.05, 4.69) is 29.5 Å². The molecule has 102 valence electrons. The molecule has 0 bridgehead atoms. The van der Waals surface area contributed by atoms with Gasteiger partial charge in [0.15, 0.2) is 0 Å². The quantitative estimate of drug-likeness (QED) is 0.730. The Kier molecular flexibility index (Phi) is 5.19. The van der Waals surface area contributed by atoms with Gasteiger partial charge >= 0.3 is 0 Å². The Balaban J connectivity index is 1.97. The van der Waals surface area contributed by atoms with Crippen LogP contribution in [0.1, 0.15) is 58.1 Å². The van der Waals surface area contributed by atoms with Gasteiger partial charge in [-0.1, -0.05) is 26.7 Å². The Morgan fingerprint density at radius 2 is 2.28 bits per heavy atom. The first-order valence-corrected chi connectivity index (χ1v) is 8.33. The third-order valence-corrected chi connectivity index (χ3v) is 4.83. The molecule has 1 aliphatic carbocycles. The molecule has 1 aliphatic rings. The van der Waals surface area contributed by atoms with Crippen LogP contribution in [0.25, 0.3) is 0 Å². The zero-order valence-corrected chi connectivity index (χ0v) is 12.6. The van der Waals surface area contributed by atoms with Crippen LogP contribution in [0.15, 0.2) is 10.9 Å². The van der Waals surface area contributed by atoms with Gasteiger partial charge < -0.3 is 5.32 Å². The zero-order valence-electron chi connectivity index (χ0n) is 11.7. The molecular weight excluding hydrogens is 240 g/mol. The molecule has 0 aliphatic heterocycles. The van der Waals surface area contributed by atoms with E-state index in [0.717, 1.165) is 12.5 Å². The van der Waals surface area contributed by atoms with Crippen LogP contribution in [-0.2, 0) is 6.42 Å². The molecule has 2 nitrogen and oxygen atoms in total. The predicted octanol–water partition coefficient (Wildman–Crippen LogP) is 4.02. The molecule has 2 rings (SSSR count). The molecule has 0 amide bonds. The van der Waals surface area contributed by atoms with E-state index in [1.807, 2.05) is 5.51 Å². The number of hydrogen-bond acceptors (Lipinski definition) is 3. The van der Waals surface area contributed by atoms with Gasteiger partial charge in [-0.2, -0.15) is 0 Å². The van der Waals surface area contributed by atoms with Crippen molar-refractivity contribution in [3.63, 3.8) is 0 Å². The molecule has 0 radical (unpaired) electrons. The van der Waals surface area contributed by atoms with E-state index >= 15 is 0 Å². The molecular formula is C15H26N2S. The molecule has 3 heteroatoms. The van der Waals surface area contributed by atoms with E-state index in [1.165, 1.54) is 50.8 Å². The fourth-order valence-electron chi connectivity index (χ4n) is 2.58. The lowest BCUT2D eigenvalue weighted by Gasteiger charge is -2.33. The van der Waals surface area contributed by atoms with Crippen molar-refractivity contribution < 1.29 is 0 Å². The molecule has 1 saturated carbocycles. The van der Waals surface area contributed by atoms with Gasteiger partial charge in [0.2, 0.25) is 0 Å². The first-order chi connectivity index (χ1) is 8.78. The standard InChI is InChI=1S/C15H26N2S/c1-3-5-8-15(4-2,11-16-13-6-7-13)9-14-10-18-12-17-14/h10,12-13,16H,3-9,11H2,1-2H3. The average Bonchev–Trinajstić information content (AvgIpc) is 3.10. The highest BCUT2D eigenvalue weighted by atomic mass is 32.1. The Bertz CT molecular complexity index is 332. The van der Waals surface area contributed by atoms with E-state index < -0.39 is 0 Å². The minimum absolute atomic E-state index is 0.423. The maximum absolute atomic E-state index is 4.49. The Hall–Kier alpha value is -0.410. The number of nitrogens with zero attached hydrogens (tertiary/aromatic N) is 1. The van der Waals surface area contributed by atoms with Crippen LogP contribution in [0.5, 0.6) is 0 Å². The molecule has 0 spiro atoms. The summed E-state index contributed by atoms with van der Waals surface area (Å²) in [5, 5.41) is 5.96. The van der Waals surface area contributed by atoms with Crippen LogP contribution in [0.2, 0.25) is 0 Å². The summed E-state index contributed by atoms with van der Waals surface area (Å²) in [5.41, 5.74) is 3.67. The first-order valence-electron chi connectivity index (χ1n) is 7.38. The summed E-state index contributed by atoms with van der Waals surface area (Å²) >= 11 is 1.72. The third-order valence-electron chi connectivity index (χ3n) is 4.19. The van der Waals surface area contributed by atoms with Crippen molar-refractivity contribution in [2.75, 3.05) is 6.54 Å². The second kappa shape index (κ2) is 6.67. The minimum atomic E-state index is 0.423. The number of hydrogen-bond donors (Lipinski definition) is 1. The topological polar surface area (TPSA) is 24.9 Å². The van der Waals surface area contributed by atoms with Gasteiger partial charge in [0.25, 0.3) is 0 Å². The average molecular weight is 266 g/mol. The van der Waals surface area contributed by atoms with E-state index in [9.17, 15) is 0 Å². The number of aromatic nitrogens is 1. The van der Waals surface area contributed by atoms with E-state index in [4.69, 9.17) is 0 Å². The van der Waals surface area contributed by atoms with Crippen LogP contribution in [0, 0.1) is 5.41 Å². The molecule has 18 heavy (non-hydrogen) atoms. The van der Waals surface area contributed by atoms with Gasteiger partial charge in [0.1, 0.15) is 0 Å². The van der Waals surface area contributed by atoms with Crippen LogP contribution >= 0.6 is 11.3 Å². The Labute approximate surface area is 115 Å². The number of thiazole rings is 1. The van der Waals surface area contributed by atoms with Gasteiger partial charge in [0.05, 0.1) is 11.2 Å². The van der Waals surface area contributed by atoms with Crippen molar-refractivity contribution in [1.82, 2.24) is 10.3 Å². The maximum atomic E-state index is 4.49. The summed E-state index contributed by atoms with van der Waals surface area (Å²) < 4.78 is 0. The smallest absolute Gasteiger partial charge is 0.0794 e. The van der Waals surface area contributed by atoms with Crippen molar-refractivity contribution in [1.29, 1.82) is 0 Å². The summed E-state index contributed by atoms with van der Waals surface area (Å²) in [6, 6.07) is 0.813. The number of unbranched alkanes of at least 4 members (excludes halogenated alkanes) is 1. The fraction of sp³-hybridized carbons (Fsp3) is 0.800. The lowest BCUT2D eigenvalue weighted by molar-refractivity contribution is 0.226. The second-order valence-electron chi connectivity index (χ2n) is 5.77. The molecule has 1 atom stereocenters. The van der Waals surface area contributed by atoms with Gasteiger partial charge in [-0.15, -0.1) is 11.3 Å². The largest absolute Gasteiger partial charge is 0.313 e. The molecule has 1 fully saturated rings. The lowest BCUT2D eigenvalue weighted by Crippen LogP contribution is -2.37. The molecule has 1 N–H and O–H groups in total. The van der Waals surface area contributed by atoms with Gasteiger partial charge in [0, 0.05) is 18.0 Å². The second-order valence-corrected chi connectivity index (χ2v) is 6.49. The van der Waals surface area contributed by atoms with Crippen LogP contribution in [-0.4, -0.2) is 17.6 Å². The highest BCUT2D eigenvalue weighted by molar-refractivity contribution is 7.07.